The van der Waals surface area contributed by atoms with Gasteiger partial charge >= 0.3 is 0 Å². The number of hydrazone groups is 1. The highest BCUT2D eigenvalue weighted by molar-refractivity contribution is 9.10. The highest BCUT2D eigenvalue weighted by Gasteiger charge is 2.12. The summed E-state index contributed by atoms with van der Waals surface area (Å²) >= 11 is 3.37. The van der Waals surface area contributed by atoms with Crippen molar-refractivity contribution in [3.63, 3.8) is 0 Å². The van der Waals surface area contributed by atoms with Crippen molar-refractivity contribution >= 4 is 28.1 Å². The maximum Gasteiger partial charge on any atom is 0.271 e. The van der Waals surface area contributed by atoms with Gasteiger partial charge in [0, 0.05) is 32.7 Å². The van der Waals surface area contributed by atoms with Crippen LogP contribution in [0.5, 0.6) is 0 Å². The summed E-state index contributed by atoms with van der Waals surface area (Å²) in [5.41, 5.74) is 10.0. The number of halogens is 1. The quantitative estimate of drug-likeness (QED) is 0.452. The lowest BCUT2D eigenvalue weighted by Gasteiger charge is -2.14. The van der Waals surface area contributed by atoms with E-state index in [0.29, 0.717) is 5.56 Å². The van der Waals surface area contributed by atoms with Gasteiger partial charge in [0.1, 0.15) is 0 Å². The molecule has 27 heavy (non-hydrogen) atoms. The lowest BCUT2D eigenvalue weighted by atomic mass is 10.1. The van der Waals surface area contributed by atoms with Crippen LogP contribution in [0.1, 0.15) is 38.4 Å². The first-order chi connectivity index (χ1) is 12.9. The van der Waals surface area contributed by atoms with Crippen LogP contribution in [0.4, 0.5) is 0 Å². The van der Waals surface area contributed by atoms with Crippen molar-refractivity contribution in [2.45, 2.75) is 27.7 Å². The van der Waals surface area contributed by atoms with E-state index in [1.807, 2.05) is 12.1 Å². The zero-order valence-corrected chi connectivity index (χ0v) is 17.5. The molecule has 0 bridgehead atoms. The van der Waals surface area contributed by atoms with Gasteiger partial charge in [-0.2, -0.15) is 5.10 Å². The number of carbonyl (C=O) groups excluding carboxylic acids is 1. The molecule has 4 nitrogen and oxygen atoms in total. The largest absolute Gasteiger partial charge is 0.318 e. The van der Waals surface area contributed by atoms with E-state index < -0.39 is 0 Å². The summed E-state index contributed by atoms with van der Waals surface area (Å²) in [4.78, 5) is 12.2. The molecule has 0 aliphatic rings. The standard InChI is InChI=1S/C22H22BrN3O/c1-14-7-5-10-21(16(14)3)26-15(2)11-19(17(26)4)13-24-25-22(27)18-8-6-9-20(23)12-18/h5-13H,1-4H3,(H,25,27)/b24-13-. The molecule has 3 aromatic rings. The van der Waals surface area contributed by atoms with E-state index in [4.69, 9.17) is 0 Å². The molecule has 0 aliphatic carbocycles. The summed E-state index contributed by atoms with van der Waals surface area (Å²) in [5, 5.41) is 4.14. The zero-order valence-electron chi connectivity index (χ0n) is 15.9. The minimum Gasteiger partial charge on any atom is -0.318 e. The fourth-order valence-corrected chi connectivity index (χ4v) is 3.52. The van der Waals surface area contributed by atoms with Gasteiger partial charge in [0.15, 0.2) is 0 Å². The Morgan fingerprint density at radius 2 is 1.81 bits per heavy atom. The van der Waals surface area contributed by atoms with E-state index in [9.17, 15) is 4.79 Å². The van der Waals surface area contributed by atoms with E-state index in [2.05, 4.69) is 83.0 Å². The van der Waals surface area contributed by atoms with Crippen LogP contribution in [0.25, 0.3) is 5.69 Å². The van der Waals surface area contributed by atoms with Crippen LogP contribution in [-0.2, 0) is 0 Å². The van der Waals surface area contributed by atoms with Gasteiger partial charge in [0.2, 0.25) is 0 Å². The molecule has 0 aliphatic heterocycles. The van der Waals surface area contributed by atoms with Gasteiger partial charge < -0.3 is 4.57 Å². The highest BCUT2D eigenvalue weighted by Crippen LogP contribution is 2.24. The van der Waals surface area contributed by atoms with Gasteiger partial charge in [-0.25, -0.2) is 5.43 Å². The normalized spacial score (nSPS) is 11.1. The first-order valence-corrected chi connectivity index (χ1v) is 9.52. The van der Waals surface area contributed by atoms with Crippen LogP contribution in [-0.4, -0.2) is 16.7 Å². The molecule has 138 valence electrons. The maximum absolute atomic E-state index is 12.2. The summed E-state index contributed by atoms with van der Waals surface area (Å²) in [6.07, 6.45) is 1.69. The smallest absolute Gasteiger partial charge is 0.271 e. The molecule has 0 fully saturated rings. The summed E-state index contributed by atoms with van der Waals surface area (Å²) in [6.45, 7) is 8.39. The van der Waals surface area contributed by atoms with E-state index in [1.165, 1.54) is 16.8 Å². The third kappa shape index (κ3) is 4.03. The Bertz CT molecular complexity index is 1030. The van der Waals surface area contributed by atoms with Crippen molar-refractivity contribution in [1.82, 2.24) is 9.99 Å². The van der Waals surface area contributed by atoms with Crippen LogP contribution in [0.15, 0.2) is 58.1 Å². The Hall–Kier alpha value is -2.66. The van der Waals surface area contributed by atoms with Gasteiger partial charge in [-0.05, 0) is 69.2 Å². The van der Waals surface area contributed by atoms with Gasteiger partial charge in [-0.3, -0.25) is 4.79 Å². The van der Waals surface area contributed by atoms with Crippen molar-refractivity contribution in [2.75, 3.05) is 0 Å². The summed E-state index contributed by atoms with van der Waals surface area (Å²) in [7, 11) is 0. The monoisotopic (exact) mass is 423 g/mol. The molecule has 1 heterocycles. The van der Waals surface area contributed by atoms with Crippen LogP contribution in [0.2, 0.25) is 0 Å². The number of hydrogen-bond donors (Lipinski definition) is 1. The van der Waals surface area contributed by atoms with Crippen LogP contribution < -0.4 is 5.43 Å². The molecule has 5 heteroatoms. The van der Waals surface area contributed by atoms with Crippen molar-refractivity contribution in [3.05, 3.63) is 86.6 Å². The number of amides is 1. The van der Waals surface area contributed by atoms with Gasteiger partial charge in [0.05, 0.1) is 6.21 Å². The molecule has 1 N–H and O–H groups in total. The topological polar surface area (TPSA) is 46.4 Å². The number of aryl methyl sites for hydroxylation is 2. The summed E-state index contributed by atoms with van der Waals surface area (Å²) in [6, 6.07) is 15.6. The maximum atomic E-state index is 12.2. The molecular formula is C22H22BrN3O. The number of nitrogens with zero attached hydrogens (tertiary/aromatic N) is 2. The minimum absolute atomic E-state index is 0.240. The molecule has 0 saturated carbocycles. The third-order valence-corrected chi connectivity index (χ3v) is 5.24. The molecule has 3 rings (SSSR count). The van der Waals surface area contributed by atoms with Crippen LogP contribution in [0, 0.1) is 27.7 Å². The average molecular weight is 424 g/mol. The third-order valence-electron chi connectivity index (χ3n) is 4.74. The number of carbonyl (C=O) groups is 1. The predicted molar refractivity (Wildman–Crippen MR) is 114 cm³/mol. The summed E-state index contributed by atoms with van der Waals surface area (Å²) in [5.74, 6) is -0.240. The zero-order chi connectivity index (χ0) is 19.6. The molecule has 0 atom stereocenters. The highest BCUT2D eigenvalue weighted by atomic mass is 79.9. The van der Waals surface area contributed by atoms with Gasteiger partial charge in [-0.1, -0.05) is 34.1 Å². The first kappa shape index (κ1) is 19.1. The van der Waals surface area contributed by atoms with Crippen molar-refractivity contribution in [2.24, 2.45) is 5.10 Å². The Morgan fingerprint density at radius 1 is 1.07 bits per heavy atom. The Morgan fingerprint density at radius 3 is 2.56 bits per heavy atom. The number of benzene rings is 2. The van der Waals surface area contributed by atoms with E-state index in [1.54, 1.807) is 18.3 Å². The second kappa shape index (κ2) is 7.92. The number of nitrogens with one attached hydrogen (secondary N) is 1. The molecule has 1 aromatic heterocycles. The fraction of sp³-hybridized carbons (Fsp3) is 0.182. The van der Waals surface area contributed by atoms with Crippen LogP contribution >= 0.6 is 15.9 Å². The van der Waals surface area contributed by atoms with E-state index >= 15 is 0 Å². The van der Waals surface area contributed by atoms with Crippen molar-refractivity contribution in [1.29, 1.82) is 0 Å². The minimum atomic E-state index is -0.240. The van der Waals surface area contributed by atoms with Crippen molar-refractivity contribution < 1.29 is 4.79 Å². The predicted octanol–water partition coefficient (Wildman–Crippen LogP) is 5.24. The fourth-order valence-electron chi connectivity index (χ4n) is 3.12. The lowest BCUT2D eigenvalue weighted by molar-refractivity contribution is 0.0955. The second-order valence-electron chi connectivity index (χ2n) is 6.59. The average Bonchev–Trinajstić information content (AvgIpc) is 2.91. The molecule has 0 radical (unpaired) electrons. The first-order valence-electron chi connectivity index (χ1n) is 8.73. The Balaban J connectivity index is 1.83. The van der Waals surface area contributed by atoms with Crippen LogP contribution in [0.3, 0.4) is 0 Å². The number of hydrogen-bond acceptors (Lipinski definition) is 2. The van der Waals surface area contributed by atoms with Gasteiger partial charge in [-0.15, -0.1) is 0 Å². The lowest BCUT2D eigenvalue weighted by Crippen LogP contribution is -2.17. The van der Waals surface area contributed by atoms with E-state index in [-0.39, 0.29) is 5.91 Å². The van der Waals surface area contributed by atoms with Gasteiger partial charge in [0.25, 0.3) is 5.91 Å². The molecular weight excluding hydrogens is 402 g/mol. The van der Waals surface area contributed by atoms with E-state index in [0.717, 1.165) is 21.4 Å². The number of aromatic nitrogens is 1. The SMILES string of the molecule is Cc1cccc(-n2c(C)cc(/C=N\NC(=O)c3cccc(Br)c3)c2C)c1C. The second-order valence-corrected chi connectivity index (χ2v) is 7.51. The molecule has 1 amide bonds. The molecule has 0 spiro atoms. The van der Waals surface area contributed by atoms with Crippen molar-refractivity contribution in [3.8, 4) is 5.69 Å². The molecule has 0 saturated heterocycles. The Kier molecular flexibility index (Phi) is 5.61. The Labute approximate surface area is 168 Å². The summed E-state index contributed by atoms with van der Waals surface area (Å²) < 4.78 is 3.08. The molecule has 0 unspecified atom stereocenters. The number of rotatable bonds is 4. The molecule has 2 aromatic carbocycles.